The zero-order chi connectivity index (χ0) is 13.8. The lowest BCUT2D eigenvalue weighted by Crippen LogP contribution is -2.40. The SMILES string of the molecule is CCOC(=O)CCN1C(=O)COc2ccc(Br)nc21. The molecular weight excluding hydrogens is 316 g/mol. The first-order valence-electron chi connectivity index (χ1n) is 5.87. The Hall–Kier alpha value is -1.63. The van der Waals surface area contributed by atoms with E-state index in [9.17, 15) is 9.59 Å². The molecule has 0 spiro atoms. The predicted molar refractivity (Wildman–Crippen MR) is 71.0 cm³/mol. The van der Waals surface area contributed by atoms with Crippen molar-refractivity contribution in [1.29, 1.82) is 0 Å². The molecule has 0 saturated heterocycles. The number of anilines is 1. The quantitative estimate of drug-likeness (QED) is 0.619. The van der Waals surface area contributed by atoms with Gasteiger partial charge in [-0.1, -0.05) is 0 Å². The van der Waals surface area contributed by atoms with Gasteiger partial charge in [0.2, 0.25) is 0 Å². The number of pyridine rings is 1. The molecule has 1 aromatic rings. The summed E-state index contributed by atoms with van der Waals surface area (Å²) >= 11 is 3.25. The van der Waals surface area contributed by atoms with Gasteiger partial charge in [0.05, 0.1) is 13.0 Å². The number of hydrogen-bond donors (Lipinski definition) is 0. The van der Waals surface area contributed by atoms with Crippen LogP contribution in [0.5, 0.6) is 5.75 Å². The van der Waals surface area contributed by atoms with Crippen LogP contribution in [0.3, 0.4) is 0 Å². The molecule has 2 rings (SSSR count). The molecule has 7 heteroatoms. The predicted octanol–water partition coefficient (Wildman–Crippen LogP) is 1.52. The zero-order valence-corrected chi connectivity index (χ0v) is 12.0. The summed E-state index contributed by atoms with van der Waals surface area (Å²) in [4.78, 5) is 28.8. The van der Waals surface area contributed by atoms with Crippen molar-refractivity contribution in [2.75, 3.05) is 24.7 Å². The second-order valence-corrected chi connectivity index (χ2v) is 4.66. The Morgan fingerprint density at radius 2 is 2.37 bits per heavy atom. The molecule has 2 heterocycles. The number of rotatable bonds is 4. The van der Waals surface area contributed by atoms with Crippen molar-refractivity contribution in [2.24, 2.45) is 0 Å². The molecule has 0 aromatic carbocycles. The van der Waals surface area contributed by atoms with Crippen LogP contribution < -0.4 is 9.64 Å². The number of halogens is 1. The Kier molecular flexibility index (Phi) is 4.36. The molecule has 1 aliphatic heterocycles. The number of nitrogens with zero attached hydrogens (tertiary/aromatic N) is 2. The van der Waals surface area contributed by atoms with Crippen LogP contribution in [-0.4, -0.2) is 36.6 Å². The van der Waals surface area contributed by atoms with Crippen molar-refractivity contribution >= 4 is 33.6 Å². The summed E-state index contributed by atoms with van der Waals surface area (Å²) < 4.78 is 10.7. The monoisotopic (exact) mass is 328 g/mol. The number of amides is 1. The molecule has 102 valence electrons. The molecule has 0 N–H and O–H groups in total. The fourth-order valence-corrected chi connectivity index (χ4v) is 2.02. The third kappa shape index (κ3) is 3.23. The average molecular weight is 329 g/mol. The van der Waals surface area contributed by atoms with Gasteiger partial charge in [-0.05, 0) is 35.0 Å². The normalized spacial score (nSPS) is 13.8. The summed E-state index contributed by atoms with van der Waals surface area (Å²) in [5.74, 6) is 0.405. The van der Waals surface area contributed by atoms with Crippen LogP contribution >= 0.6 is 15.9 Å². The van der Waals surface area contributed by atoms with Crippen molar-refractivity contribution in [2.45, 2.75) is 13.3 Å². The molecule has 0 radical (unpaired) electrons. The van der Waals surface area contributed by atoms with Gasteiger partial charge < -0.3 is 9.47 Å². The molecule has 6 nitrogen and oxygen atoms in total. The summed E-state index contributed by atoms with van der Waals surface area (Å²) in [5.41, 5.74) is 0. The van der Waals surface area contributed by atoms with Crippen molar-refractivity contribution in [1.82, 2.24) is 4.98 Å². The number of ether oxygens (including phenoxy) is 2. The van der Waals surface area contributed by atoms with E-state index in [4.69, 9.17) is 9.47 Å². The van der Waals surface area contributed by atoms with Gasteiger partial charge in [-0.2, -0.15) is 0 Å². The number of esters is 1. The van der Waals surface area contributed by atoms with Gasteiger partial charge in [-0.3, -0.25) is 14.5 Å². The molecule has 19 heavy (non-hydrogen) atoms. The van der Waals surface area contributed by atoms with Gasteiger partial charge in [-0.25, -0.2) is 4.98 Å². The van der Waals surface area contributed by atoms with Crippen LogP contribution in [0, 0.1) is 0 Å². The van der Waals surface area contributed by atoms with Gasteiger partial charge in [0, 0.05) is 6.54 Å². The second-order valence-electron chi connectivity index (χ2n) is 3.84. The molecule has 0 fully saturated rings. The van der Waals surface area contributed by atoms with E-state index in [1.807, 2.05) is 0 Å². The van der Waals surface area contributed by atoms with E-state index in [0.717, 1.165) is 0 Å². The van der Waals surface area contributed by atoms with E-state index in [2.05, 4.69) is 20.9 Å². The van der Waals surface area contributed by atoms with Crippen LogP contribution in [0.1, 0.15) is 13.3 Å². The van der Waals surface area contributed by atoms with Crippen LogP contribution in [-0.2, 0) is 14.3 Å². The van der Waals surface area contributed by atoms with E-state index in [1.54, 1.807) is 19.1 Å². The van der Waals surface area contributed by atoms with Gasteiger partial charge in [0.15, 0.2) is 18.2 Å². The van der Waals surface area contributed by atoms with Gasteiger partial charge >= 0.3 is 5.97 Å². The minimum Gasteiger partial charge on any atom is -0.480 e. The van der Waals surface area contributed by atoms with Gasteiger partial charge in [-0.15, -0.1) is 0 Å². The number of aromatic nitrogens is 1. The maximum absolute atomic E-state index is 11.8. The summed E-state index contributed by atoms with van der Waals surface area (Å²) in [6.45, 7) is 2.26. The minimum atomic E-state index is -0.335. The third-order valence-electron chi connectivity index (χ3n) is 2.56. The lowest BCUT2D eigenvalue weighted by Gasteiger charge is -2.27. The molecule has 0 saturated carbocycles. The smallest absolute Gasteiger partial charge is 0.307 e. The van der Waals surface area contributed by atoms with Gasteiger partial charge in [0.25, 0.3) is 5.91 Å². The molecule has 0 unspecified atom stereocenters. The van der Waals surface area contributed by atoms with Crippen LogP contribution in [0.4, 0.5) is 5.82 Å². The Balaban J connectivity index is 2.14. The van der Waals surface area contributed by atoms with Crippen molar-refractivity contribution in [3.63, 3.8) is 0 Å². The zero-order valence-electron chi connectivity index (χ0n) is 10.4. The maximum Gasteiger partial charge on any atom is 0.307 e. The highest BCUT2D eigenvalue weighted by atomic mass is 79.9. The summed E-state index contributed by atoms with van der Waals surface area (Å²) in [7, 11) is 0. The number of carbonyl (C=O) groups is 2. The highest BCUT2D eigenvalue weighted by molar-refractivity contribution is 9.10. The van der Waals surface area contributed by atoms with Crippen molar-refractivity contribution in [3.05, 3.63) is 16.7 Å². The minimum absolute atomic E-state index is 0.0425. The molecule has 1 aliphatic rings. The molecule has 1 amide bonds. The van der Waals surface area contributed by atoms with E-state index in [1.165, 1.54) is 4.90 Å². The highest BCUT2D eigenvalue weighted by Crippen LogP contribution is 2.31. The first-order valence-corrected chi connectivity index (χ1v) is 6.66. The Morgan fingerprint density at radius 1 is 1.58 bits per heavy atom. The maximum atomic E-state index is 11.8. The van der Waals surface area contributed by atoms with E-state index in [-0.39, 0.29) is 31.4 Å². The summed E-state index contributed by atoms with van der Waals surface area (Å²) in [6.07, 6.45) is 0.132. The van der Waals surface area contributed by atoms with E-state index < -0.39 is 0 Å². The van der Waals surface area contributed by atoms with Crippen LogP contribution in [0.2, 0.25) is 0 Å². The summed E-state index contributed by atoms with van der Waals surface area (Å²) in [5, 5.41) is 0. The molecule has 0 atom stereocenters. The van der Waals surface area contributed by atoms with Crippen LogP contribution in [0.25, 0.3) is 0 Å². The van der Waals surface area contributed by atoms with E-state index >= 15 is 0 Å². The van der Waals surface area contributed by atoms with Crippen molar-refractivity contribution in [3.8, 4) is 5.75 Å². The van der Waals surface area contributed by atoms with Gasteiger partial charge in [0.1, 0.15) is 4.60 Å². The number of carbonyl (C=O) groups excluding carboxylic acids is 2. The second kappa shape index (κ2) is 6.01. The first-order chi connectivity index (χ1) is 9.11. The first kappa shape index (κ1) is 13.8. The fourth-order valence-electron chi connectivity index (χ4n) is 1.72. The highest BCUT2D eigenvalue weighted by Gasteiger charge is 2.27. The van der Waals surface area contributed by atoms with E-state index in [0.29, 0.717) is 22.8 Å². The Morgan fingerprint density at radius 3 is 3.11 bits per heavy atom. The fraction of sp³-hybridized carbons (Fsp3) is 0.417. The standard InChI is InChI=1S/C12H13BrN2O4/c1-2-18-11(17)5-6-15-10(16)7-19-8-3-4-9(13)14-12(8)15/h3-4H,2,5-7H2,1H3. The number of hydrogen-bond acceptors (Lipinski definition) is 5. The lowest BCUT2D eigenvalue weighted by atomic mass is 10.3. The molecular formula is C12H13BrN2O4. The Bertz CT molecular complexity index is 507. The van der Waals surface area contributed by atoms with Crippen LogP contribution in [0.15, 0.2) is 16.7 Å². The summed E-state index contributed by atoms with van der Waals surface area (Å²) in [6, 6.07) is 3.47. The molecule has 0 bridgehead atoms. The molecule has 1 aromatic heterocycles. The third-order valence-corrected chi connectivity index (χ3v) is 3.00. The van der Waals surface area contributed by atoms with Crippen molar-refractivity contribution < 1.29 is 19.1 Å². The largest absolute Gasteiger partial charge is 0.480 e. The lowest BCUT2D eigenvalue weighted by molar-refractivity contribution is -0.142. The molecule has 0 aliphatic carbocycles. The topological polar surface area (TPSA) is 68.7 Å². The number of fused-ring (bicyclic) bond motifs is 1. The Labute approximate surface area is 118 Å². The average Bonchev–Trinajstić information content (AvgIpc) is 2.38.